The summed E-state index contributed by atoms with van der Waals surface area (Å²) >= 11 is 0. The van der Waals surface area contributed by atoms with Gasteiger partial charge in [-0.15, -0.1) is 0 Å². The molecule has 4 rings (SSSR count). The van der Waals surface area contributed by atoms with Crippen LogP contribution in [0.5, 0.6) is 0 Å². The predicted octanol–water partition coefficient (Wildman–Crippen LogP) is 3.03. The molecule has 2 aromatic heterocycles. The molecular formula is C18H22N3O+. The van der Waals surface area contributed by atoms with Gasteiger partial charge >= 0.3 is 0 Å². The molecule has 0 aliphatic carbocycles. The molecular weight excluding hydrogens is 274 g/mol. The number of aromatic nitrogens is 2. The van der Waals surface area contributed by atoms with E-state index < -0.39 is 0 Å². The summed E-state index contributed by atoms with van der Waals surface area (Å²) in [5.74, 6) is 1.99. The van der Waals surface area contributed by atoms with Crippen molar-refractivity contribution >= 4 is 27.9 Å². The molecule has 3 heterocycles. The number of aryl methyl sites for hydroxylation is 1. The van der Waals surface area contributed by atoms with Crippen LogP contribution < -0.4 is 4.90 Å². The van der Waals surface area contributed by atoms with Gasteiger partial charge in [0.15, 0.2) is 0 Å². The van der Waals surface area contributed by atoms with Crippen molar-refractivity contribution in [1.82, 2.24) is 9.97 Å². The van der Waals surface area contributed by atoms with Gasteiger partial charge in [-0.25, -0.2) is 4.98 Å². The maximum atomic E-state index is 6.13. The van der Waals surface area contributed by atoms with E-state index in [0.717, 1.165) is 53.2 Å². The molecule has 0 amide bonds. The third kappa shape index (κ3) is 2.28. The summed E-state index contributed by atoms with van der Waals surface area (Å²) in [4.78, 5) is 11.0. The highest BCUT2D eigenvalue weighted by molar-refractivity contribution is 6.04. The highest BCUT2D eigenvalue weighted by Crippen LogP contribution is 2.30. The Morgan fingerprint density at radius 3 is 2.59 bits per heavy atom. The zero-order valence-electron chi connectivity index (χ0n) is 13.1. The van der Waals surface area contributed by atoms with E-state index in [-0.39, 0.29) is 0 Å². The van der Waals surface area contributed by atoms with Gasteiger partial charge in [0.05, 0.1) is 13.1 Å². The van der Waals surface area contributed by atoms with Gasteiger partial charge in [-0.3, -0.25) is 4.90 Å². The Kier molecular flexibility index (Phi) is 3.54. The van der Waals surface area contributed by atoms with E-state index in [2.05, 4.69) is 13.0 Å². The van der Waals surface area contributed by atoms with Crippen LogP contribution in [0.25, 0.3) is 22.1 Å². The van der Waals surface area contributed by atoms with Crippen molar-refractivity contribution < 1.29 is 9.32 Å². The van der Waals surface area contributed by atoms with E-state index >= 15 is 0 Å². The second-order valence-electron chi connectivity index (χ2n) is 6.14. The molecule has 1 N–H and O–H groups in total. The summed E-state index contributed by atoms with van der Waals surface area (Å²) in [7, 11) is 0. The van der Waals surface area contributed by atoms with E-state index in [0.29, 0.717) is 0 Å². The zero-order valence-corrected chi connectivity index (χ0v) is 13.1. The first-order valence-electron chi connectivity index (χ1n) is 8.40. The number of furan rings is 1. The van der Waals surface area contributed by atoms with Crippen LogP contribution in [0, 0.1) is 0 Å². The van der Waals surface area contributed by atoms with Crippen LogP contribution in [0.15, 0.2) is 28.7 Å². The summed E-state index contributed by atoms with van der Waals surface area (Å²) < 4.78 is 6.13. The lowest BCUT2D eigenvalue weighted by atomic mass is 10.2. The van der Waals surface area contributed by atoms with Crippen molar-refractivity contribution in [2.45, 2.75) is 39.0 Å². The van der Waals surface area contributed by atoms with Gasteiger partial charge in [0.1, 0.15) is 16.9 Å². The Balaban J connectivity index is 1.95. The number of para-hydroxylation sites is 1. The lowest BCUT2D eigenvalue weighted by Crippen LogP contribution is -3.07. The van der Waals surface area contributed by atoms with Crippen LogP contribution in [-0.4, -0.2) is 23.1 Å². The van der Waals surface area contributed by atoms with Gasteiger partial charge in [0.2, 0.25) is 5.58 Å². The van der Waals surface area contributed by atoms with Crippen LogP contribution in [0.1, 0.15) is 38.4 Å². The summed E-state index contributed by atoms with van der Waals surface area (Å²) in [6.45, 7) is 4.41. The number of benzene rings is 1. The monoisotopic (exact) mass is 296 g/mol. The Hall–Kier alpha value is -1.94. The molecule has 1 aromatic carbocycles. The molecule has 4 heteroatoms. The van der Waals surface area contributed by atoms with E-state index in [1.807, 2.05) is 18.2 Å². The average Bonchev–Trinajstić information content (AvgIpc) is 2.73. The zero-order chi connectivity index (χ0) is 14.9. The van der Waals surface area contributed by atoms with Crippen molar-refractivity contribution in [1.29, 1.82) is 0 Å². The van der Waals surface area contributed by atoms with Crippen molar-refractivity contribution in [3.8, 4) is 0 Å². The number of hydrogen-bond acceptors (Lipinski definition) is 3. The fourth-order valence-electron chi connectivity index (χ4n) is 3.43. The fourth-order valence-corrected chi connectivity index (χ4v) is 3.43. The molecule has 1 aliphatic rings. The Morgan fingerprint density at radius 2 is 1.82 bits per heavy atom. The Labute approximate surface area is 130 Å². The standard InChI is InChI=1S/C18H21N3O/c1-2-15-19-16-13-9-5-6-10-14(13)22-17(16)18(20-15)21-11-7-3-4-8-12-21/h5-6,9-10H,2-4,7-8,11-12H2,1H3/p+1. The van der Waals surface area contributed by atoms with Gasteiger partial charge in [0, 0.05) is 11.8 Å². The Bertz CT molecular complexity index is 801. The fraction of sp³-hybridized carbons (Fsp3) is 0.444. The molecule has 22 heavy (non-hydrogen) atoms. The lowest BCUT2D eigenvalue weighted by molar-refractivity contribution is -0.833. The number of nitrogens with zero attached hydrogens (tertiary/aromatic N) is 2. The first kappa shape index (κ1) is 13.7. The van der Waals surface area contributed by atoms with Crippen LogP contribution in [0.3, 0.4) is 0 Å². The van der Waals surface area contributed by atoms with Crippen LogP contribution in [-0.2, 0) is 6.42 Å². The Morgan fingerprint density at radius 1 is 1.05 bits per heavy atom. The quantitative estimate of drug-likeness (QED) is 0.790. The minimum Gasteiger partial charge on any atom is -0.446 e. The molecule has 3 aromatic rings. The molecule has 0 unspecified atom stereocenters. The highest BCUT2D eigenvalue weighted by Gasteiger charge is 2.24. The minimum absolute atomic E-state index is 0.857. The predicted molar refractivity (Wildman–Crippen MR) is 87.5 cm³/mol. The van der Waals surface area contributed by atoms with Gasteiger partial charge in [-0.2, -0.15) is 4.98 Å². The second-order valence-corrected chi connectivity index (χ2v) is 6.14. The van der Waals surface area contributed by atoms with Crippen molar-refractivity contribution in [3.63, 3.8) is 0 Å². The topological polar surface area (TPSA) is 43.4 Å². The van der Waals surface area contributed by atoms with Crippen LogP contribution in [0.2, 0.25) is 0 Å². The first-order valence-corrected chi connectivity index (χ1v) is 8.40. The summed E-state index contributed by atoms with van der Waals surface area (Å²) in [6, 6.07) is 8.17. The third-order valence-electron chi connectivity index (χ3n) is 4.62. The van der Waals surface area contributed by atoms with Gasteiger partial charge in [-0.1, -0.05) is 19.1 Å². The number of nitrogens with one attached hydrogen (secondary N) is 1. The van der Waals surface area contributed by atoms with Crippen molar-refractivity contribution in [3.05, 3.63) is 30.1 Å². The normalized spacial score (nSPS) is 17.1. The van der Waals surface area contributed by atoms with Crippen LogP contribution >= 0.6 is 0 Å². The number of rotatable bonds is 2. The minimum atomic E-state index is 0.857. The third-order valence-corrected chi connectivity index (χ3v) is 4.62. The highest BCUT2D eigenvalue weighted by atomic mass is 16.3. The van der Waals surface area contributed by atoms with Crippen LogP contribution in [0.4, 0.5) is 5.82 Å². The molecule has 0 spiro atoms. The molecule has 1 fully saturated rings. The molecule has 114 valence electrons. The maximum Gasteiger partial charge on any atom is 0.273 e. The average molecular weight is 296 g/mol. The molecule has 0 saturated carbocycles. The summed E-state index contributed by atoms with van der Waals surface area (Å²) in [5.41, 5.74) is 2.78. The molecule has 4 nitrogen and oxygen atoms in total. The second kappa shape index (κ2) is 5.69. The van der Waals surface area contributed by atoms with Gasteiger partial charge < -0.3 is 4.42 Å². The lowest BCUT2D eigenvalue weighted by Gasteiger charge is -2.15. The summed E-state index contributed by atoms with van der Waals surface area (Å²) in [5, 5.41) is 1.10. The molecule has 1 aliphatic heterocycles. The van der Waals surface area contributed by atoms with Gasteiger partial charge in [-0.05, 0) is 37.8 Å². The van der Waals surface area contributed by atoms with E-state index in [4.69, 9.17) is 14.4 Å². The molecule has 0 bridgehead atoms. The van der Waals surface area contributed by atoms with E-state index in [1.54, 1.807) is 0 Å². The van der Waals surface area contributed by atoms with Crippen molar-refractivity contribution in [2.24, 2.45) is 0 Å². The maximum absolute atomic E-state index is 6.13. The molecule has 0 radical (unpaired) electrons. The smallest absolute Gasteiger partial charge is 0.273 e. The SMILES string of the molecule is CCc1nc([NH+]2CCCCCC2)c2oc3ccccc3c2n1. The van der Waals surface area contributed by atoms with E-state index in [1.165, 1.54) is 30.6 Å². The first-order chi connectivity index (χ1) is 10.9. The number of hydrogen-bond donors (Lipinski definition) is 1. The van der Waals surface area contributed by atoms with Gasteiger partial charge in [0.25, 0.3) is 5.82 Å². The molecule has 0 atom stereocenters. The molecule has 1 saturated heterocycles. The van der Waals surface area contributed by atoms with Crippen molar-refractivity contribution in [2.75, 3.05) is 13.1 Å². The van der Waals surface area contributed by atoms with E-state index in [9.17, 15) is 0 Å². The number of quaternary nitrogens is 1. The summed E-state index contributed by atoms with van der Waals surface area (Å²) in [6.07, 6.45) is 6.05. The number of fused-ring (bicyclic) bond motifs is 3. The largest absolute Gasteiger partial charge is 0.446 e.